The second-order valence-electron chi connectivity index (χ2n) is 5.41. The molecule has 1 heterocycles. The molecule has 1 aromatic rings. The van der Waals surface area contributed by atoms with Crippen LogP contribution in [0.3, 0.4) is 0 Å². The molecule has 112 valence electrons. The maximum absolute atomic E-state index is 12.2. The van der Waals surface area contributed by atoms with Crippen LogP contribution in [0, 0.1) is 18.3 Å². The molecule has 1 aliphatic rings. The van der Waals surface area contributed by atoms with Gasteiger partial charge < -0.3 is 10.4 Å². The molecule has 1 aliphatic heterocycles. The molecule has 0 aromatic heterocycles. The fourth-order valence-electron chi connectivity index (χ4n) is 2.61. The van der Waals surface area contributed by atoms with Gasteiger partial charge in [-0.3, -0.25) is 9.69 Å². The van der Waals surface area contributed by atoms with E-state index in [4.69, 9.17) is 11.5 Å². The van der Waals surface area contributed by atoms with E-state index in [2.05, 4.69) is 16.1 Å². The van der Waals surface area contributed by atoms with Crippen molar-refractivity contribution in [1.82, 2.24) is 4.90 Å². The second-order valence-corrected chi connectivity index (χ2v) is 5.41. The maximum Gasteiger partial charge on any atom is 0.227 e. The van der Waals surface area contributed by atoms with Crippen molar-refractivity contribution in [2.75, 3.05) is 31.6 Å². The van der Waals surface area contributed by atoms with Gasteiger partial charge in [0.2, 0.25) is 5.91 Å². The average molecular weight is 286 g/mol. The van der Waals surface area contributed by atoms with Crippen LogP contribution in [0.1, 0.15) is 18.4 Å². The fourth-order valence-corrected chi connectivity index (χ4v) is 2.61. The van der Waals surface area contributed by atoms with E-state index in [0.29, 0.717) is 13.0 Å². The molecule has 1 amide bonds. The molecule has 2 rings (SSSR count). The third kappa shape index (κ3) is 4.59. The van der Waals surface area contributed by atoms with E-state index in [-0.39, 0.29) is 18.4 Å². The Hall–Kier alpha value is -1.83. The number of carbonyl (C=O) groups is 1. The molecule has 1 aromatic carbocycles. The maximum atomic E-state index is 12.2. The third-order valence-corrected chi connectivity index (χ3v) is 3.90. The number of nitrogens with one attached hydrogen (secondary N) is 1. The van der Waals surface area contributed by atoms with Gasteiger partial charge in [-0.2, -0.15) is 0 Å². The van der Waals surface area contributed by atoms with Crippen LogP contribution in [0.4, 0.5) is 5.69 Å². The molecule has 1 saturated heterocycles. The highest BCUT2D eigenvalue weighted by molar-refractivity contribution is 5.92. The molecule has 21 heavy (non-hydrogen) atoms. The summed E-state index contributed by atoms with van der Waals surface area (Å²) < 4.78 is 0. The monoisotopic (exact) mass is 286 g/mol. The zero-order valence-corrected chi connectivity index (χ0v) is 12.2. The number of carbonyl (C=O) groups excluding carboxylic acids is 1. The van der Waals surface area contributed by atoms with Gasteiger partial charge in [0, 0.05) is 18.2 Å². The Balaban J connectivity index is 1.83. The normalized spacial score (nSPS) is 16.4. The predicted molar refractivity (Wildman–Crippen MR) is 83.9 cm³/mol. The van der Waals surface area contributed by atoms with Crippen LogP contribution in [0.25, 0.3) is 0 Å². The number of anilines is 1. The van der Waals surface area contributed by atoms with E-state index in [1.54, 1.807) is 0 Å². The zero-order chi connectivity index (χ0) is 15.1. The molecule has 4 nitrogen and oxygen atoms in total. The summed E-state index contributed by atoms with van der Waals surface area (Å²) >= 11 is 0. The number of aliphatic hydroxyl groups excluding tert-OH is 1. The number of piperidine rings is 1. The summed E-state index contributed by atoms with van der Waals surface area (Å²) in [6, 6.07) is 7.63. The Morgan fingerprint density at radius 3 is 2.57 bits per heavy atom. The summed E-state index contributed by atoms with van der Waals surface area (Å²) in [4.78, 5) is 14.4. The third-order valence-electron chi connectivity index (χ3n) is 3.90. The first-order chi connectivity index (χ1) is 10.2. The van der Waals surface area contributed by atoms with Crippen molar-refractivity contribution in [2.24, 2.45) is 5.92 Å². The second kappa shape index (κ2) is 7.82. The lowest BCUT2D eigenvalue weighted by Crippen LogP contribution is -2.38. The molecule has 1 fully saturated rings. The highest BCUT2D eigenvalue weighted by atomic mass is 16.2. The van der Waals surface area contributed by atoms with Crippen molar-refractivity contribution in [1.29, 1.82) is 0 Å². The number of terminal acetylenes is 1. The Morgan fingerprint density at radius 2 is 2.00 bits per heavy atom. The van der Waals surface area contributed by atoms with Gasteiger partial charge in [0.1, 0.15) is 0 Å². The predicted octanol–water partition coefficient (Wildman–Crippen LogP) is 1.51. The first kappa shape index (κ1) is 15.6. The molecule has 0 spiro atoms. The first-order valence-corrected chi connectivity index (χ1v) is 7.39. The van der Waals surface area contributed by atoms with Crippen molar-refractivity contribution < 1.29 is 9.90 Å². The van der Waals surface area contributed by atoms with Gasteiger partial charge in [-0.05, 0) is 50.0 Å². The van der Waals surface area contributed by atoms with Crippen LogP contribution in [0.2, 0.25) is 0 Å². The Morgan fingerprint density at radius 1 is 1.33 bits per heavy atom. The van der Waals surface area contributed by atoms with Crippen LogP contribution in [0.5, 0.6) is 0 Å². The fraction of sp³-hybridized carbons (Fsp3) is 0.471. The summed E-state index contributed by atoms with van der Waals surface area (Å²) in [6.45, 7) is 2.58. The number of hydrogen-bond acceptors (Lipinski definition) is 3. The van der Waals surface area contributed by atoms with Gasteiger partial charge in [0.25, 0.3) is 0 Å². The van der Waals surface area contributed by atoms with Gasteiger partial charge in [0.15, 0.2) is 0 Å². The number of benzene rings is 1. The van der Waals surface area contributed by atoms with E-state index in [1.807, 2.05) is 24.3 Å². The minimum atomic E-state index is 0.0659. The number of amides is 1. The standard InChI is InChI=1S/C17H22N2O2/c1-2-10-19-11-7-15(8-12-19)17(21)18-16-5-3-14(4-6-16)9-13-20/h1,3-6,15,20H,7-13H2,(H,18,21). The van der Waals surface area contributed by atoms with Crippen molar-refractivity contribution in [3.05, 3.63) is 29.8 Å². The molecular formula is C17H22N2O2. The highest BCUT2D eigenvalue weighted by Gasteiger charge is 2.24. The lowest BCUT2D eigenvalue weighted by atomic mass is 9.96. The SMILES string of the molecule is C#CCN1CCC(C(=O)Nc2ccc(CCO)cc2)CC1. The van der Waals surface area contributed by atoms with E-state index >= 15 is 0 Å². The van der Waals surface area contributed by atoms with Crippen LogP contribution >= 0.6 is 0 Å². The van der Waals surface area contributed by atoms with E-state index in [9.17, 15) is 4.79 Å². The molecular weight excluding hydrogens is 264 g/mol. The lowest BCUT2D eigenvalue weighted by Gasteiger charge is -2.29. The molecule has 0 bridgehead atoms. The number of nitrogens with zero attached hydrogens (tertiary/aromatic N) is 1. The molecule has 0 unspecified atom stereocenters. The molecule has 0 atom stereocenters. The van der Waals surface area contributed by atoms with E-state index in [1.165, 1.54) is 0 Å². The highest BCUT2D eigenvalue weighted by Crippen LogP contribution is 2.19. The Kier molecular flexibility index (Phi) is 5.79. The van der Waals surface area contributed by atoms with Crippen molar-refractivity contribution in [3.63, 3.8) is 0 Å². The summed E-state index contributed by atoms with van der Waals surface area (Å²) in [5, 5.41) is 11.8. The summed E-state index contributed by atoms with van der Waals surface area (Å²) in [6.07, 6.45) is 7.66. The number of hydrogen-bond donors (Lipinski definition) is 2. The first-order valence-electron chi connectivity index (χ1n) is 7.39. The van der Waals surface area contributed by atoms with Gasteiger partial charge in [-0.25, -0.2) is 0 Å². The summed E-state index contributed by atoms with van der Waals surface area (Å²) in [5.41, 5.74) is 1.88. The van der Waals surface area contributed by atoms with E-state index in [0.717, 1.165) is 37.2 Å². The molecule has 0 radical (unpaired) electrons. The molecule has 0 aliphatic carbocycles. The molecule has 0 saturated carbocycles. The minimum Gasteiger partial charge on any atom is -0.396 e. The van der Waals surface area contributed by atoms with Crippen LogP contribution in [-0.2, 0) is 11.2 Å². The number of aliphatic hydroxyl groups is 1. The van der Waals surface area contributed by atoms with Gasteiger partial charge in [-0.15, -0.1) is 6.42 Å². The smallest absolute Gasteiger partial charge is 0.227 e. The van der Waals surface area contributed by atoms with Crippen LogP contribution < -0.4 is 5.32 Å². The van der Waals surface area contributed by atoms with Gasteiger partial charge in [-0.1, -0.05) is 18.1 Å². The largest absolute Gasteiger partial charge is 0.396 e. The average Bonchev–Trinajstić information content (AvgIpc) is 2.50. The number of rotatable bonds is 5. The minimum absolute atomic E-state index is 0.0659. The van der Waals surface area contributed by atoms with Gasteiger partial charge in [0.05, 0.1) is 6.54 Å². The molecule has 2 N–H and O–H groups in total. The van der Waals surface area contributed by atoms with E-state index < -0.39 is 0 Å². The van der Waals surface area contributed by atoms with Crippen LogP contribution in [-0.4, -0.2) is 42.2 Å². The molecule has 4 heteroatoms. The summed E-state index contributed by atoms with van der Waals surface area (Å²) in [7, 11) is 0. The Labute approximate surface area is 126 Å². The van der Waals surface area contributed by atoms with Gasteiger partial charge >= 0.3 is 0 Å². The summed E-state index contributed by atoms with van der Waals surface area (Å²) in [5.74, 6) is 2.80. The Bertz CT molecular complexity index is 497. The number of likely N-dealkylation sites (tertiary alicyclic amines) is 1. The van der Waals surface area contributed by atoms with Crippen molar-refractivity contribution in [2.45, 2.75) is 19.3 Å². The topological polar surface area (TPSA) is 52.6 Å². The lowest BCUT2D eigenvalue weighted by molar-refractivity contribution is -0.121. The zero-order valence-electron chi connectivity index (χ0n) is 12.2. The quantitative estimate of drug-likeness (QED) is 0.807. The van der Waals surface area contributed by atoms with Crippen molar-refractivity contribution >= 4 is 11.6 Å². The van der Waals surface area contributed by atoms with Crippen LogP contribution in [0.15, 0.2) is 24.3 Å². The van der Waals surface area contributed by atoms with Crippen molar-refractivity contribution in [3.8, 4) is 12.3 Å².